The first-order chi connectivity index (χ1) is 7.71. The van der Waals surface area contributed by atoms with Crippen LogP contribution in [-0.4, -0.2) is 25.0 Å². The normalized spacial score (nSPS) is 29.5. The summed E-state index contributed by atoms with van der Waals surface area (Å²) in [5.41, 5.74) is -2.21. The summed E-state index contributed by atoms with van der Waals surface area (Å²) in [6.45, 7) is 6.94. The van der Waals surface area contributed by atoms with Crippen molar-refractivity contribution in [2.75, 3.05) is 6.67 Å². The summed E-state index contributed by atoms with van der Waals surface area (Å²) in [7, 11) is -0.996. The van der Waals surface area contributed by atoms with E-state index in [1.165, 1.54) is 6.08 Å². The summed E-state index contributed by atoms with van der Waals surface area (Å²) in [6.07, 6.45) is 2.75. The van der Waals surface area contributed by atoms with E-state index in [9.17, 15) is 8.78 Å². The average Bonchev–Trinajstić information content (AvgIpc) is 2.91. The second-order valence-electron chi connectivity index (χ2n) is 6.11. The van der Waals surface area contributed by atoms with Crippen LogP contribution in [0.15, 0.2) is 11.8 Å². The lowest BCUT2D eigenvalue weighted by molar-refractivity contribution is 0.00578. The van der Waals surface area contributed by atoms with Crippen molar-refractivity contribution in [2.45, 2.75) is 51.7 Å². The van der Waals surface area contributed by atoms with Crippen LogP contribution in [0.3, 0.4) is 0 Å². The summed E-state index contributed by atoms with van der Waals surface area (Å²) < 4.78 is 37.8. The van der Waals surface area contributed by atoms with Gasteiger partial charge in [0.15, 0.2) is 0 Å². The van der Waals surface area contributed by atoms with Gasteiger partial charge in [0.05, 0.1) is 17.9 Å². The first kappa shape index (κ1) is 13.0. The molecule has 0 radical (unpaired) electrons. The summed E-state index contributed by atoms with van der Waals surface area (Å²) in [6, 6.07) is 0. The molecule has 1 saturated carbocycles. The van der Waals surface area contributed by atoms with Gasteiger partial charge in [-0.1, -0.05) is 0 Å². The Bertz CT molecular complexity index is 332. The number of alkyl halides is 1. The molecule has 0 atom stereocenters. The molecule has 2 rings (SSSR count). The van der Waals surface area contributed by atoms with Crippen LogP contribution in [0.1, 0.15) is 40.5 Å². The van der Waals surface area contributed by atoms with Gasteiger partial charge in [-0.2, -0.15) is 0 Å². The number of halogens is 2. The van der Waals surface area contributed by atoms with E-state index in [0.717, 1.165) is 0 Å². The van der Waals surface area contributed by atoms with E-state index < -0.39 is 36.1 Å². The summed E-state index contributed by atoms with van der Waals surface area (Å²) in [4.78, 5) is 0. The lowest BCUT2D eigenvalue weighted by Crippen LogP contribution is -2.41. The molecule has 2 aliphatic rings. The number of hydrogen-bond acceptors (Lipinski definition) is 2. The van der Waals surface area contributed by atoms with Crippen molar-refractivity contribution in [2.24, 2.45) is 5.41 Å². The van der Waals surface area contributed by atoms with Gasteiger partial charge in [0.2, 0.25) is 0 Å². The van der Waals surface area contributed by atoms with Crippen LogP contribution >= 0.6 is 0 Å². The first-order valence-corrected chi connectivity index (χ1v) is 6.01. The van der Waals surface area contributed by atoms with Crippen LogP contribution in [0.5, 0.6) is 0 Å². The first-order valence-electron chi connectivity index (χ1n) is 6.01. The zero-order chi connectivity index (χ0) is 12.9. The van der Waals surface area contributed by atoms with Crippen LogP contribution in [0.25, 0.3) is 0 Å². The molecule has 1 aliphatic carbocycles. The molecule has 1 heterocycles. The zero-order valence-electron chi connectivity index (χ0n) is 10.8. The molecule has 0 amide bonds. The lowest BCUT2D eigenvalue weighted by atomic mass is 9.85. The third-order valence-electron chi connectivity index (χ3n) is 4.08. The Morgan fingerprint density at radius 3 is 2.00 bits per heavy atom. The van der Waals surface area contributed by atoms with Gasteiger partial charge in [0, 0.05) is 5.41 Å². The summed E-state index contributed by atoms with van der Waals surface area (Å²) >= 11 is 0. The van der Waals surface area contributed by atoms with E-state index in [0.29, 0.717) is 12.8 Å². The second kappa shape index (κ2) is 3.79. The predicted molar refractivity (Wildman–Crippen MR) is 62.9 cm³/mol. The van der Waals surface area contributed by atoms with Crippen molar-refractivity contribution < 1.29 is 18.1 Å². The Labute approximate surface area is 102 Å². The smallest absolute Gasteiger partial charge is 0.398 e. The Morgan fingerprint density at radius 1 is 1.18 bits per heavy atom. The lowest BCUT2D eigenvalue weighted by Gasteiger charge is -2.32. The van der Waals surface area contributed by atoms with Crippen molar-refractivity contribution in [3.8, 4) is 0 Å². The van der Waals surface area contributed by atoms with Crippen molar-refractivity contribution in [3.63, 3.8) is 0 Å². The number of allylic oxidation sites excluding steroid dienone is 1. The monoisotopic (exact) mass is 244 g/mol. The molecule has 96 valence electrons. The molecular formula is C12H19BF2O2. The quantitative estimate of drug-likeness (QED) is 0.709. The van der Waals surface area contributed by atoms with Crippen LogP contribution in [-0.2, 0) is 9.31 Å². The van der Waals surface area contributed by atoms with Gasteiger partial charge in [-0.3, -0.25) is 4.39 Å². The molecule has 0 aromatic heterocycles. The maximum atomic E-state index is 14.0. The largest absolute Gasteiger partial charge is 0.524 e. The average molecular weight is 244 g/mol. The minimum absolute atomic E-state index is 0.501. The fourth-order valence-corrected chi connectivity index (χ4v) is 1.79. The standard InChI is InChI=1S/C12H19BF2O2/c1-10(2)11(3,4)17-13(16-10)9(15)7-12(8-14)5-6-12/h7H,5-6,8H2,1-4H3. The molecule has 0 N–H and O–H groups in total. The number of rotatable bonds is 3. The highest BCUT2D eigenvalue weighted by Crippen LogP contribution is 2.49. The summed E-state index contributed by atoms with van der Waals surface area (Å²) in [5, 5.41) is 0. The third kappa shape index (κ3) is 2.27. The highest BCUT2D eigenvalue weighted by atomic mass is 19.1. The molecule has 5 heteroatoms. The van der Waals surface area contributed by atoms with E-state index in [2.05, 4.69) is 0 Å². The molecule has 1 saturated heterocycles. The highest BCUT2D eigenvalue weighted by molar-refractivity contribution is 6.53. The topological polar surface area (TPSA) is 18.5 Å². The maximum absolute atomic E-state index is 14.0. The summed E-state index contributed by atoms with van der Waals surface area (Å²) in [5.74, 6) is 0. The van der Waals surface area contributed by atoms with Crippen molar-refractivity contribution in [3.05, 3.63) is 11.8 Å². The van der Waals surface area contributed by atoms with E-state index in [1.807, 2.05) is 27.7 Å². The van der Waals surface area contributed by atoms with Crippen molar-refractivity contribution in [1.29, 1.82) is 0 Å². The third-order valence-corrected chi connectivity index (χ3v) is 4.08. The van der Waals surface area contributed by atoms with Gasteiger partial charge in [0.1, 0.15) is 5.73 Å². The maximum Gasteiger partial charge on any atom is 0.524 e. The van der Waals surface area contributed by atoms with Crippen LogP contribution in [0.4, 0.5) is 8.78 Å². The van der Waals surface area contributed by atoms with Gasteiger partial charge in [-0.15, -0.1) is 0 Å². The molecule has 0 aromatic carbocycles. The molecule has 2 fully saturated rings. The Kier molecular flexibility index (Phi) is 2.90. The van der Waals surface area contributed by atoms with E-state index in [1.54, 1.807) is 0 Å². The Balaban J connectivity index is 2.11. The Morgan fingerprint density at radius 2 is 1.65 bits per heavy atom. The minimum atomic E-state index is -0.996. The van der Waals surface area contributed by atoms with Crippen molar-refractivity contribution in [1.82, 2.24) is 0 Å². The van der Waals surface area contributed by atoms with Crippen LogP contribution in [0, 0.1) is 5.41 Å². The van der Waals surface area contributed by atoms with Gasteiger partial charge in [-0.05, 0) is 46.6 Å². The van der Waals surface area contributed by atoms with E-state index in [-0.39, 0.29) is 0 Å². The van der Waals surface area contributed by atoms with Gasteiger partial charge >= 0.3 is 7.12 Å². The van der Waals surface area contributed by atoms with Gasteiger partial charge < -0.3 is 9.31 Å². The molecular weight excluding hydrogens is 225 g/mol. The fraction of sp³-hybridized carbons (Fsp3) is 0.833. The fourth-order valence-electron chi connectivity index (χ4n) is 1.79. The zero-order valence-corrected chi connectivity index (χ0v) is 10.8. The number of hydrogen-bond donors (Lipinski definition) is 0. The molecule has 0 aromatic rings. The van der Waals surface area contributed by atoms with E-state index >= 15 is 0 Å². The van der Waals surface area contributed by atoms with E-state index in [4.69, 9.17) is 9.31 Å². The molecule has 0 unspecified atom stereocenters. The molecule has 2 nitrogen and oxygen atoms in total. The Hall–Kier alpha value is -0.415. The highest BCUT2D eigenvalue weighted by Gasteiger charge is 2.54. The molecule has 1 aliphatic heterocycles. The van der Waals surface area contributed by atoms with Crippen LogP contribution in [0.2, 0.25) is 0 Å². The van der Waals surface area contributed by atoms with Gasteiger partial charge in [0.25, 0.3) is 0 Å². The molecule has 0 bridgehead atoms. The molecule has 17 heavy (non-hydrogen) atoms. The van der Waals surface area contributed by atoms with Crippen molar-refractivity contribution >= 4 is 7.12 Å². The second-order valence-corrected chi connectivity index (χ2v) is 6.11. The molecule has 0 spiro atoms. The van der Waals surface area contributed by atoms with Gasteiger partial charge in [-0.25, -0.2) is 4.39 Å². The minimum Gasteiger partial charge on any atom is -0.398 e. The van der Waals surface area contributed by atoms with Crippen LogP contribution < -0.4 is 0 Å². The predicted octanol–water partition coefficient (Wildman–Crippen LogP) is 3.22. The SMILES string of the molecule is CC1(C)OB(C(F)=CC2(CF)CC2)OC1(C)C.